The van der Waals surface area contributed by atoms with E-state index in [1.807, 2.05) is 6.92 Å². The second kappa shape index (κ2) is 8.46. The molecular formula is C19H30IN3O2S. The Bertz CT molecular complexity index is 775. The number of benzene rings is 1. The van der Waals surface area contributed by atoms with Crippen LogP contribution in [0.25, 0.3) is 0 Å². The van der Waals surface area contributed by atoms with Crippen molar-refractivity contribution in [2.24, 2.45) is 4.99 Å². The van der Waals surface area contributed by atoms with Crippen molar-refractivity contribution in [3.05, 3.63) is 34.9 Å². The summed E-state index contributed by atoms with van der Waals surface area (Å²) in [6, 6.07) is 6.68. The molecule has 0 bridgehead atoms. The second-order valence-electron chi connectivity index (χ2n) is 7.63. The molecule has 3 rings (SSSR count). The molecule has 0 spiro atoms. The molecule has 2 aliphatic rings. The van der Waals surface area contributed by atoms with E-state index in [9.17, 15) is 8.42 Å². The molecule has 1 saturated heterocycles. The lowest BCUT2D eigenvalue weighted by Crippen LogP contribution is -2.57. The fourth-order valence-corrected chi connectivity index (χ4v) is 5.01. The number of aliphatic imine (C=N–C) groups is 1. The molecule has 0 atom stereocenters. The molecule has 1 N–H and O–H groups in total. The smallest absolute Gasteiger partial charge is 0.194 e. The molecular weight excluding hydrogens is 461 g/mol. The molecule has 0 amide bonds. The first-order valence-corrected chi connectivity index (χ1v) is 10.8. The Morgan fingerprint density at radius 1 is 1.27 bits per heavy atom. The minimum absolute atomic E-state index is 0. The fraction of sp³-hybridized carbons (Fsp3) is 0.632. The molecule has 1 aliphatic carbocycles. The van der Waals surface area contributed by atoms with Crippen molar-refractivity contribution in [3.8, 4) is 0 Å². The Morgan fingerprint density at radius 2 is 2.00 bits per heavy atom. The van der Waals surface area contributed by atoms with Crippen molar-refractivity contribution in [3.63, 3.8) is 0 Å². The van der Waals surface area contributed by atoms with Gasteiger partial charge in [0.15, 0.2) is 15.8 Å². The van der Waals surface area contributed by atoms with Crippen LogP contribution in [0.2, 0.25) is 0 Å². The van der Waals surface area contributed by atoms with Gasteiger partial charge in [0.1, 0.15) is 0 Å². The number of halogens is 1. The number of fused-ring (bicyclic) bond motifs is 1. The van der Waals surface area contributed by atoms with Crippen LogP contribution in [0, 0.1) is 0 Å². The summed E-state index contributed by atoms with van der Waals surface area (Å²) in [5, 5.41) is 3.32. The van der Waals surface area contributed by atoms with Gasteiger partial charge >= 0.3 is 0 Å². The Labute approximate surface area is 174 Å². The third-order valence-electron chi connectivity index (χ3n) is 5.25. The zero-order valence-corrected chi connectivity index (χ0v) is 19.1. The van der Waals surface area contributed by atoms with Crippen LogP contribution in [0.15, 0.2) is 23.2 Å². The highest BCUT2D eigenvalue weighted by Crippen LogP contribution is 2.25. The van der Waals surface area contributed by atoms with E-state index in [-0.39, 0.29) is 29.7 Å². The van der Waals surface area contributed by atoms with Crippen molar-refractivity contribution in [2.75, 3.05) is 25.4 Å². The minimum atomic E-state index is -3.04. The summed E-state index contributed by atoms with van der Waals surface area (Å²) < 4.78 is 23.7. The monoisotopic (exact) mass is 491 g/mol. The van der Waals surface area contributed by atoms with Gasteiger partial charge in [-0.2, -0.15) is 0 Å². The number of nitrogens with zero attached hydrogens (tertiary/aromatic N) is 2. The minimum Gasteiger partial charge on any atom is -0.357 e. The molecule has 0 unspecified atom stereocenters. The third-order valence-corrected chi connectivity index (χ3v) is 7.79. The van der Waals surface area contributed by atoms with Gasteiger partial charge in [-0.15, -0.1) is 24.0 Å². The largest absolute Gasteiger partial charge is 0.357 e. The summed E-state index contributed by atoms with van der Waals surface area (Å²) >= 11 is 0. The first-order chi connectivity index (χ1) is 11.8. The van der Waals surface area contributed by atoms with Gasteiger partial charge in [0.25, 0.3) is 0 Å². The quantitative estimate of drug-likeness (QED) is 0.402. The van der Waals surface area contributed by atoms with Crippen molar-refractivity contribution < 1.29 is 8.42 Å². The lowest BCUT2D eigenvalue weighted by Gasteiger charge is -2.39. The SMILES string of the molecule is CCNC(=NCc1ccc2c(c1)CCC2)N1CCS(=O)(=O)C(C)(C)C1.I. The molecule has 0 radical (unpaired) electrons. The van der Waals surface area contributed by atoms with E-state index >= 15 is 0 Å². The fourth-order valence-electron chi connectivity index (χ4n) is 3.64. The number of guanidine groups is 1. The van der Waals surface area contributed by atoms with Gasteiger partial charge < -0.3 is 10.2 Å². The molecule has 0 aromatic heterocycles. The highest BCUT2D eigenvalue weighted by Gasteiger charge is 2.40. The average molecular weight is 491 g/mol. The van der Waals surface area contributed by atoms with Crippen LogP contribution < -0.4 is 5.32 Å². The van der Waals surface area contributed by atoms with Crippen LogP contribution in [0.3, 0.4) is 0 Å². The predicted octanol–water partition coefficient (Wildman–Crippen LogP) is 2.77. The molecule has 1 aromatic carbocycles. The molecule has 1 fully saturated rings. The van der Waals surface area contributed by atoms with Gasteiger partial charge in [0.05, 0.1) is 17.0 Å². The first-order valence-electron chi connectivity index (χ1n) is 9.18. The van der Waals surface area contributed by atoms with E-state index in [1.165, 1.54) is 36.0 Å². The van der Waals surface area contributed by atoms with Gasteiger partial charge in [0.2, 0.25) is 0 Å². The van der Waals surface area contributed by atoms with Crippen LogP contribution >= 0.6 is 24.0 Å². The maximum Gasteiger partial charge on any atom is 0.194 e. The van der Waals surface area contributed by atoms with Crippen LogP contribution in [0.4, 0.5) is 0 Å². The number of sulfone groups is 1. The lowest BCUT2D eigenvalue weighted by molar-refractivity contribution is 0.353. The number of rotatable bonds is 3. The normalized spacial score (nSPS) is 21.0. The van der Waals surface area contributed by atoms with Crippen molar-refractivity contribution in [1.29, 1.82) is 0 Å². The van der Waals surface area contributed by atoms with E-state index in [0.717, 1.165) is 12.5 Å². The number of nitrogens with one attached hydrogen (secondary N) is 1. The zero-order valence-electron chi connectivity index (χ0n) is 15.9. The molecule has 1 aromatic rings. The Balaban J connectivity index is 0.00000243. The number of hydrogen-bond donors (Lipinski definition) is 1. The summed E-state index contributed by atoms with van der Waals surface area (Å²) in [6.45, 7) is 8.02. The third kappa shape index (κ3) is 4.52. The number of hydrogen-bond acceptors (Lipinski definition) is 3. The average Bonchev–Trinajstić information content (AvgIpc) is 3.02. The molecule has 26 heavy (non-hydrogen) atoms. The van der Waals surface area contributed by atoms with E-state index in [1.54, 1.807) is 13.8 Å². The summed E-state index contributed by atoms with van der Waals surface area (Å²) in [6.07, 6.45) is 3.62. The van der Waals surface area contributed by atoms with Gasteiger partial charge in [-0.25, -0.2) is 13.4 Å². The van der Waals surface area contributed by atoms with Crippen LogP contribution in [-0.4, -0.2) is 49.4 Å². The van der Waals surface area contributed by atoms with Crippen LogP contribution in [0.5, 0.6) is 0 Å². The lowest BCUT2D eigenvalue weighted by atomic mass is 10.1. The molecule has 7 heteroatoms. The molecule has 1 heterocycles. The summed E-state index contributed by atoms with van der Waals surface area (Å²) in [4.78, 5) is 6.86. The van der Waals surface area contributed by atoms with Crippen molar-refractivity contribution in [1.82, 2.24) is 10.2 Å². The maximum atomic E-state index is 12.2. The first kappa shape index (κ1) is 21.5. The van der Waals surface area contributed by atoms with Gasteiger partial charge in [-0.05, 0) is 56.7 Å². The van der Waals surface area contributed by atoms with E-state index in [0.29, 0.717) is 19.6 Å². The van der Waals surface area contributed by atoms with E-state index in [2.05, 4.69) is 28.4 Å². The zero-order chi connectivity index (χ0) is 18.1. The molecule has 1 aliphatic heterocycles. The van der Waals surface area contributed by atoms with E-state index < -0.39 is 14.6 Å². The highest BCUT2D eigenvalue weighted by molar-refractivity contribution is 14.0. The van der Waals surface area contributed by atoms with E-state index in [4.69, 9.17) is 4.99 Å². The summed E-state index contributed by atoms with van der Waals surface area (Å²) in [5.74, 6) is 0.995. The molecule has 0 saturated carbocycles. The summed E-state index contributed by atoms with van der Waals surface area (Å²) in [7, 11) is -3.04. The molecule has 5 nitrogen and oxygen atoms in total. The Hall–Kier alpha value is -0.830. The standard InChI is InChI=1S/C19H29N3O2S.HI/c1-4-20-18(22-10-11-25(23,24)19(2,3)14-22)21-13-15-8-9-16-6-5-7-17(16)12-15;/h8-9,12H,4-7,10-11,13-14H2,1-3H3,(H,20,21);1H. The Kier molecular flexibility index (Phi) is 6.98. The van der Waals surface area contributed by atoms with Crippen molar-refractivity contribution >= 4 is 39.8 Å². The van der Waals surface area contributed by atoms with Gasteiger partial charge in [0, 0.05) is 19.6 Å². The molecule has 146 valence electrons. The topological polar surface area (TPSA) is 61.8 Å². The highest BCUT2D eigenvalue weighted by atomic mass is 127. The van der Waals surface area contributed by atoms with Crippen molar-refractivity contribution in [2.45, 2.75) is 51.3 Å². The maximum absolute atomic E-state index is 12.2. The van der Waals surface area contributed by atoms with Crippen LogP contribution in [-0.2, 0) is 29.2 Å². The second-order valence-corrected chi connectivity index (χ2v) is 10.4. The Morgan fingerprint density at radius 3 is 2.69 bits per heavy atom. The van der Waals surface area contributed by atoms with Crippen LogP contribution in [0.1, 0.15) is 43.9 Å². The predicted molar refractivity (Wildman–Crippen MR) is 118 cm³/mol. The van der Waals surface area contributed by atoms with Gasteiger partial charge in [-0.1, -0.05) is 18.2 Å². The number of aryl methyl sites for hydroxylation is 2. The van der Waals surface area contributed by atoms with Gasteiger partial charge in [-0.3, -0.25) is 0 Å². The summed E-state index contributed by atoms with van der Waals surface area (Å²) in [5.41, 5.74) is 4.16.